The van der Waals surface area contributed by atoms with Crippen LogP contribution >= 0.6 is 11.3 Å². The normalized spacial score (nSPS) is 11.7. The molecule has 0 saturated carbocycles. The van der Waals surface area contributed by atoms with Crippen molar-refractivity contribution in [3.8, 4) is 5.75 Å². The first-order valence-electron chi connectivity index (χ1n) is 12.1. The minimum atomic E-state index is -3.64. The molecular weight excluding hydrogens is 508 g/mol. The van der Waals surface area contributed by atoms with Gasteiger partial charge in [0.15, 0.2) is 5.13 Å². The molecule has 0 aliphatic heterocycles. The number of rotatable bonds is 11. The molecule has 0 bridgehead atoms. The number of carbonyl (C=O) groups is 1. The lowest BCUT2D eigenvalue weighted by Gasteiger charge is -2.22. The predicted molar refractivity (Wildman–Crippen MR) is 147 cm³/mol. The topological polar surface area (TPSA) is 92.7 Å². The summed E-state index contributed by atoms with van der Waals surface area (Å²) in [6, 6.07) is 15.5. The number of nitrogens with zero attached hydrogens (tertiary/aromatic N) is 4. The molecule has 4 rings (SSSR count). The highest BCUT2D eigenvalue weighted by atomic mass is 32.2. The van der Waals surface area contributed by atoms with E-state index in [2.05, 4.69) is 4.98 Å². The van der Waals surface area contributed by atoms with E-state index in [9.17, 15) is 13.2 Å². The Hall–Kier alpha value is -3.34. The second-order valence-electron chi connectivity index (χ2n) is 8.48. The Morgan fingerprint density at radius 2 is 1.73 bits per heavy atom. The number of thiazole rings is 1. The van der Waals surface area contributed by atoms with Crippen LogP contribution in [0.15, 0.2) is 71.9 Å². The van der Waals surface area contributed by atoms with E-state index in [1.807, 2.05) is 44.2 Å². The van der Waals surface area contributed by atoms with E-state index < -0.39 is 10.0 Å². The van der Waals surface area contributed by atoms with Gasteiger partial charge < -0.3 is 4.74 Å². The first-order chi connectivity index (χ1) is 17.9. The van der Waals surface area contributed by atoms with Gasteiger partial charge in [-0.05, 0) is 60.9 Å². The molecule has 10 heteroatoms. The standard InChI is InChI=1S/C27H30N4O4S2/c1-4-16-30(17-5-2)37(33,34)22-13-11-21(12-14-22)26(32)31(19-20-8-7-15-28-18-20)27-29-25-23(35-3)9-6-10-24(25)36-27/h6-15,18H,4-5,16-17,19H2,1-3H3. The molecule has 8 nitrogen and oxygen atoms in total. The molecule has 2 aromatic carbocycles. The molecule has 0 saturated heterocycles. The Balaban J connectivity index is 1.69. The number of carbonyl (C=O) groups excluding carboxylic acids is 1. The molecule has 0 fully saturated rings. The van der Waals surface area contributed by atoms with Gasteiger partial charge in [-0.15, -0.1) is 0 Å². The minimum Gasteiger partial charge on any atom is -0.494 e. The molecule has 0 spiro atoms. The summed E-state index contributed by atoms with van der Waals surface area (Å²) in [4.78, 5) is 24.4. The van der Waals surface area contributed by atoms with Crippen LogP contribution in [0, 0.1) is 0 Å². The Kier molecular flexibility index (Phi) is 8.52. The maximum atomic E-state index is 13.8. The number of para-hydroxylation sites is 1. The number of hydrogen-bond acceptors (Lipinski definition) is 7. The van der Waals surface area contributed by atoms with Crippen LogP contribution in [0.25, 0.3) is 10.2 Å². The van der Waals surface area contributed by atoms with Crippen molar-refractivity contribution in [3.05, 3.63) is 78.1 Å². The average molecular weight is 539 g/mol. The van der Waals surface area contributed by atoms with Crippen molar-refractivity contribution in [2.24, 2.45) is 0 Å². The molecule has 37 heavy (non-hydrogen) atoms. The van der Waals surface area contributed by atoms with E-state index >= 15 is 0 Å². The highest BCUT2D eigenvalue weighted by Crippen LogP contribution is 2.35. The van der Waals surface area contributed by atoms with Gasteiger partial charge in [0.1, 0.15) is 11.3 Å². The number of aromatic nitrogens is 2. The second-order valence-corrected chi connectivity index (χ2v) is 11.4. The van der Waals surface area contributed by atoms with Crippen LogP contribution in [0.5, 0.6) is 5.75 Å². The smallest absolute Gasteiger partial charge is 0.260 e. The maximum Gasteiger partial charge on any atom is 0.260 e. The van der Waals surface area contributed by atoms with Gasteiger partial charge in [-0.2, -0.15) is 4.31 Å². The van der Waals surface area contributed by atoms with Gasteiger partial charge in [0, 0.05) is 31.0 Å². The largest absolute Gasteiger partial charge is 0.494 e. The van der Waals surface area contributed by atoms with Crippen molar-refractivity contribution in [3.63, 3.8) is 0 Å². The van der Waals surface area contributed by atoms with Gasteiger partial charge in [0.25, 0.3) is 5.91 Å². The number of methoxy groups -OCH3 is 1. The number of ether oxygens (including phenoxy) is 1. The summed E-state index contributed by atoms with van der Waals surface area (Å²) in [5.74, 6) is 0.344. The summed E-state index contributed by atoms with van der Waals surface area (Å²) < 4.78 is 34.1. The van der Waals surface area contributed by atoms with Crippen molar-refractivity contribution >= 4 is 42.6 Å². The summed E-state index contributed by atoms with van der Waals surface area (Å²) in [6.45, 7) is 5.08. The van der Waals surface area contributed by atoms with E-state index in [-0.39, 0.29) is 17.3 Å². The number of anilines is 1. The fourth-order valence-electron chi connectivity index (χ4n) is 4.02. The molecule has 0 radical (unpaired) electrons. The van der Waals surface area contributed by atoms with Gasteiger partial charge in [-0.25, -0.2) is 13.4 Å². The molecule has 1 amide bonds. The Labute approximate surface area is 221 Å². The lowest BCUT2D eigenvalue weighted by molar-refractivity contribution is 0.0985. The highest BCUT2D eigenvalue weighted by molar-refractivity contribution is 7.89. The molecule has 0 aliphatic carbocycles. The van der Waals surface area contributed by atoms with Gasteiger partial charge >= 0.3 is 0 Å². The third-order valence-electron chi connectivity index (χ3n) is 5.82. The first-order valence-corrected chi connectivity index (χ1v) is 14.4. The van der Waals surface area contributed by atoms with Crippen LogP contribution < -0.4 is 9.64 Å². The third-order valence-corrected chi connectivity index (χ3v) is 8.77. The fourth-order valence-corrected chi connectivity index (χ4v) is 6.62. The maximum absolute atomic E-state index is 13.8. The number of fused-ring (bicyclic) bond motifs is 1. The molecule has 0 atom stereocenters. The SMILES string of the molecule is CCCN(CCC)S(=O)(=O)c1ccc(C(=O)N(Cc2cccnc2)c2nc3c(OC)cccc3s2)cc1. The van der Waals surface area contributed by atoms with Crippen LogP contribution in [0.3, 0.4) is 0 Å². The summed E-state index contributed by atoms with van der Waals surface area (Å²) in [6.07, 6.45) is 4.84. The molecule has 0 unspecified atom stereocenters. The lowest BCUT2D eigenvalue weighted by Crippen LogP contribution is -2.33. The van der Waals surface area contributed by atoms with Gasteiger partial charge in [0.05, 0.1) is 23.2 Å². The summed E-state index contributed by atoms with van der Waals surface area (Å²) in [5.41, 5.74) is 1.89. The van der Waals surface area contributed by atoms with Crippen LogP contribution in [0.4, 0.5) is 5.13 Å². The van der Waals surface area contributed by atoms with E-state index in [1.54, 1.807) is 36.5 Å². The zero-order valence-corrected chi connectivity index (χ0v) is 22.8. The van der Waals surface area contributed by atoms with Gasteiger partial charge in [-0.1, -0.05) is 37.3 Å². The Morgan fingerprint density at radius 3 is 2.35 bits per heavy atom. The predicted octanol–water partition coefficient (Wildman–Crippen LogP) is 5.36. The molecular formula is C27H30N4O4S2. The van der Waals surface area contributed by atoms with Gasteiger partial charge in [-0.3, -0.25) is 14.7 Å². The minimum absolute atomic E-state index is 0.175. The summed E-state index contributed by atoms with van der Waals surface area (Å²) in [5, 5.41) is 0.516. The van der Waals surface area contributed by atoms with E-state index in [1.165, 1.54) is 27.8 Å². The van der Waals surface area contributed by atoms with E-state index in [4.69, 9.17) is 9.72 Å². The van der Waals surface area contributed by atoms with Crippen molar-refractivity contribution in [1.82, 2.24) is 14.3 Å². The average Bonchev–Trinajstić information content (AvgIpc) is 3.36. The fraction of sp³-hybridized carbons (Fsp3) is 0.296. The molecule has 4 aromatic rings. The lowest BCUT2D eigenvalue weighted by atomic mass is 10.2. The van der Waals surface area contributed by atoms with Crippen molar-refractivity contribution in [2.45, 2.75) is 38.1 Å². The third kappa shape index (κ3) is 5.82. The summed E-state index contributed by atoms with van der Waals surface area (Å²) >= 11 is 1.39. The zero-order valence-electron chi connectivity index (χ0n) is 21.1. The number of pyridine rings is 1. The zero-order chi connectivity index (χ0) is 26.4. The molecule has 2 heterocycles. The van der Waals surface area contributed by atoms with Crippen LogP contribution in [0.1, 0.15) is 42.6 Å². The first kappa shape index (κ1) is 26.7. The van der Waals surface area contributed by atoms with Gasteiger partial charge in [0.2, 0.25) is 10.0 Å². The number of sulfonamides is 1. The number of benzene rings is 2. The molecule has 0 aliphatic rings. The molecule has 0 N–H and O–H groups in total. The van der Waals surface area contributed by atoms with Crippen LogP contribution in [-0.2, 0) is 16.6 Å². The van der Waals surface area contributed by atoms with Crippen LogP contribution in [0.2, 0.25) is 0 Å². The quantitative estimate of drug-likeness (QED) is 0.255. The molecule has 2 aromatic heterocycles. The van der Waals surface area contributed by atoms with Crippen LogP contribution in [-0.4, -0.2) is 48.8 Å². The Bertz CT molecular complexity index is 1450. The van der Waals surface area contributed by atoms with Crippen molar-refractivity contribution in [1.29, 1.82) is 0 Å². The van der Waals surface area contributed by atoms with E-state index in [0.29, 0.717) is 35.1 Å². The van der Waals surface area contributed by atoms with E-state index in [0.717, 1.165) is 23.1 Å². The second kappa shape index (κ2) is 11.8. The Morgan fingerprint density at radius 1 is 1.00 bits per heavy atom. The molecule has 194 valence electrons. The monoisotopic (exact) mass is 538 g/mol. The van der Waals surface area contributed by atoms with Crippen molar-refractivity contribution in [2.75, 3.05) is 25.1 Å². The number of hydrogen-bond donors (Lipinski definition) is 0. The van der Waals surface area contributed by atoms with Crippen molar-refractivity contribution < 1.29 is 17.9 Å². The summed E-state index contributed by atoms with van der Waals surface area (Å²) in [7, 11) is -2.05. The highest BCUT2D eigenvalue weighted by Gasteiger charge is 2.26. The number of amides is 1.